The third kappa shape index (κ3) is 5.67. The maximum absolute atomic E-state index is 12.9. The van der Waals surface area contributed by atoms with Gasteiger partial charge in [0.1, 0.15) is 0 Å². The smallest absolute Gasteiger partial charge is 0.305 e. The Balaban J connectivity index is 2.23. The lowest BCUT2D eigenvalue weighted by molar-refractivity contribution is -0.137. The van der Waals surface area contributed by atoms with Crippen molar-refractivity contribution in [2.45, 2.75) is 20.3 Å². The zero-order valence-corrected chi connectivity index (χ0v) is 16.5. The van der Waals surface area contributed by atoms with E-state index in [4.69, 9.17) is 5.11 Å². The molecule has 148 valence electrons. The molecule has 0 spiro atoms. The second-order valence-corrected chi connectivity index (χ2v) is 7.07. The molecule has 2 rings (SSSR count). The monoisotopic (exact) mass is 382 g/mol. The van der Waals surface area contributed by atoms with Gasteiger partial charge in [0.25, 0.3) is 11.8 Å². The summed E-state index contributed by atoms with van der Waals surface area (Å²) in [7, 11) is 1.68. The standard InChI is InChI=1S/C22H26N2O4/c1-16(2)15-24(13-12-20(25)26)22(28)18-9-7-8-17(14-18)21(27)23(3)19-10-5-4-6-11-19/h4-11,14,16H,12-13,15H2,1-3H3,(H,25,26). The highest BCUT2D eigenvalue weighted by atomic mass is 16.4. The second kappa shape index (κ2) is 9.69. The van der Waals surface area contributed by atoms with Gasteiger partial charge >= 0.3 is 5.97 Å². The maximum atomic E-state index is 12.9. The number of nitrogens with zero attached hydrogens (tertiary/aromatic N) is 2. The van der Waals surface area contributed by atoms with Crippen molar-refractivity contribution in [2.24, 2.45) is 5.92 Å². The van der Waals surface area contributed by atoms with Crippen molar-refractivity contribution in [2.75, 3.05) is 25.0 Å². The molecule has 0 aliphatic carbocycles. The van der Waals surface area contributed by atoms with E-state index in [0.29, 0.717) is 17.7 Å². The van der Waals surface area contributed by atoms with Crippen molar-refractivity contribution in [1.29, 1.82) is 0 Å². The number of aliphatic carboxylic acids is 1. The molecular formula is C22H26N2O4. The number of carboxylic acid groups (broad SMARTS) is 1. The van der Waals surface area contributed by atoms with Crippen LogP contribution in [0, 0.1) is 5.92 Å². The SMILES string of the molecule is CC(C)CN(CCC(=O)O)C(=O)c1cccc(C(=O)N(C)c2ccccc2)c1. The molecule has 0 atom stereocenters. The van der Waals surface area contributed by atoms with Gasteiger partial charge in [-0.05, 0) is 36.2 Å². The van der Waals surface area contributed by atoms with Crippen LogP contribution in [0.1, 0.15) is 41.0 Å². The van der Waals surface area contributed by atoms with Crippen molar-refractivity contribution < 1.29 is 19.5 Å². The van der Waals surface area contributed by atoms with Gasteiger partial charge in [0.15, 0.2) is 0 Å². The summed E-state index contributed by atoms with van der Waals surface area (Å²) >= 11 is 0. The van der Waals surface area contributed by atoms with Gasteiger partial charge < -0.3 is 14.9 Å². The highest BCUT2D eigenvalue weighted by Crippen LogP contribution is 2.17. The number of amides is 2. The summed E-state index contributed by atoms with van der Waals surface area (Å²) in [6.07, 6.45) is -0.117. The maximum Gasteiger partial charge on any atom is 0.305 e. The average molecular weight is 382 g/mol. The quantitative estimate of drug-likeness (QED) is 0.757. The summed E-state index contributed by atoms with van der Waals surface area (Å²) in [6.45, 7) is 4.52. The molecule has 0 fully saturated rings. The van der Waals surface area contributed by atoms with Crippen LogP contribution in [-0.4, -0.2) is 47.9 Å². The molecule has 0 bridgehead atoms. The Morgan fingerprint density at radius 2 is 1.54 bits per heavy atom. The molecule has 2 amide bonds. The number of hydrogen-bond acceptors (Lipinski definition) is 3. The number of benzene rings is 2. The molecule has 2 aromatic carbocycles. The summed E-state index contributed by atoms with van der Waals surface area (Å²) in [6, 6.07) is 15.8. The fourth-order valence-corrected chi connectivity index (χ4v) is 2.88. The third-order valence-electron chi connectivity index (χ3n) is 4.27. The molecule has 0 saturated heterocycles. The molecule has 6 nitrogen and oxygen atoms in total. The number of para-hydroxylation sites is 1. The molecule has 0 aliphatic heterocycles. The Kier molecular flexibility index (Phi) is 7.32. The number of anilines is 1. The minimum absolute atomic E-state index is 0.117. The first-order chi connectivity index (χ1) is 13.3. The molecule has 0 saturated carbocycles. The van der Waals surface area contributed by atoms with E-state index in [1.807, 2.05) is 44.2 Å². The Bertz CT molecular complexity index is 833. The number of carbonyl (C=O) groups excluding carboxylic acids is 2. The van der Waals surface area contributed by atoms with Gasteiger partial charge in [0.05, 0.1) is 6.42 Å². The molecule has 0 aliphatic rings. The van der Waals surface area contributed by atoms with Crippen LogP contribution in [0.4, 0.5) is 5.69 Å². The van der Waals surface area contributed by atoms with Gasteiger partial charge in [-0.2, -0.15) is 0 Å². The highest BCUT2D eigenvalue weighted by Gasteiger charge is 2.20. The first-order valence-corrected chi connectivity index (χ1v) is 9.24. The third-order valence-corrected chi connectivity index (χ3v) is 4.27. The first kappa shape index (κ1) is 21.2. The number of carbonyl (C=O) groups is 3. The zero-order valence-electron chi connectivity index (χ0n) is 16.5. The zero-order chi connectivity index (χ0) is 20.7. The van der Waals surface area contributed by atoms with E-state index < -0.39 is 5.97 Å². The van der Waals surface area contributed by atoms with Crippen LogP contribution in [-0.2, 0) is 4.79 Å². The van der Waals surface area contributed by atoms with E-state index in [9.17, 15) is 14.4 Å². The van der Waals surface area contributed by atoms with Crippen LogP contribution in [0.5, 0.6) is 0 Å². The van der Waals surface area contributed by atoms with E-state index >= 15 is 0 Å². The first-order valence-electron chi connectivity index (χ1n) is 9.24. The predicted molar refractivity (Wildman–Crippen MR) is 109 cm³/mol. The van der Waals surface area contributed by atoms with Gasteiger partial charge in [0.2, 0.25) is 0 Å². The molecule has 0 radical (unpaired) electrons. The molecule has 28 heavy (non-hydrogen) atoms. The lowest BCUT2D eigenvalue weighted by Crippen LogP contribution is -2.36. The van der Waals surface area contributed by atoms with Crippen LogP contribution >= 0.6 is 0 Å². The number of rotatable bonds is 8. The molecular weight excluding hydrogens is 356 g/mol. The lowest BCUT2D eigenvalue weighted by atomic mass is 10.1. The molecule has 0 heterocycles. The van der Waals surface area contributed by atoms with Crippen molar-refractivity contribution in [3.8, 4) is 0 Å². The summed E-state index contributed by atoms with van der Waals surface area (Å²) in [5, 5.41) is 8.95. The van der Waals surface area contributed by atoms with E-state index in [-0.39, 0.29) is 30.7 Å². The van der Waals surface area contributed by atoms with E-state index in [0.717, 1.165) is 5.69 Å². The van der Waals surface area contributed by atoms with Crippen LogP contribution < -0.4 is 4.90 Å². The summed E-state index contributed by atoms with van der Waals surface area (Å²) in [5.74, 6) is -1.24. The van der Waals surface area contributed by atoms with Crippen molar-refractivity contribution in [1.82, 2.24) is 4.90 Å². The summed E-state index contributed by atoms with van der Waals surface area (Å²) < 4.78 is 0. The van der Waals surface area contributed by atoms with Gasteiger partial charge in [0, 0.05) is 37.0 Å². The lowest BCUT2D eigenvalue weighted by Gasteiger charge is -2.24. The Hall–Kier alpha value is -3.15. The number of hydrogen-bond donors (Lipinski definition) is 1. The predicted octanol–water partition coefficient (Wildman–Crippen LogP) is 3.54. The highest BCUT2D eigenvalue weighted by molar-refractivity contribution is 6.07. The van der Waals surface area contributed by atoms with Crippen LogP contribution in [0.3, 0.4) is 0 Å². The van der Waals surface area contributed by atoms with Crippen LogP contribution in [0.2, 0.25) is 0 Å². The molecule has 0 aromatic heterocycles. The van der Waals surface area contributed by atoms with Gasteiger partial charge in [-0.25, -0.2) is 0 Å². The normalized spacial score (nSPS) is 10.6. The summed E-state index contributed by atoms with van der Waals surface area (Å²) in [5.41, 5.74) is 1.53. The van der Waals surface area contributed by atoms with Gasteiger partial charge in [-0.1, -0.05) is 38.1 Å². The topological polar surface area (TPSA) is 77.9 Å². The van der Waals surface area contributed by atoms with Crippen molar-refractivity contribution in [3.63, 3.8) is 0 Å². The van der Waals surface area contributed by atoms with E-state index in [2.05, 4.69) is 0 Å². The van der Waals surface area contributed by atoms with E-state index in [1.54, 1.807) is 31.3 Å². The fraction of sp³-hybridized carbons (Fsp3) is 0.318. The second-order valence-electron chi connectivity index (χ2n) is 7.07. The van der Waals surface area contributed by atoms with Crippen molar-refractivity contribution in [3.05, 3.63) is 65.7 Å². The van der Waals surface area contributed by atoms with E-state index in [1.165, 1.54) is 9.80 Å². The van der Waals surface area contributed by atoms with Crippen LogP contribution in [0.15, 0.2) is 54.6 Å². The molecule has 1 N–H and O–H groups in total. The van der Waals surface area contributed by atoms with Gasteiger partial charge in [-0.3, -0.25) is 14.4 Å². The van der Waals surface area contributed by atoms with Crippen LogP contribution in [0.25, 0.3) is 0 Å². The molecule has 0 unspecified atom stereocenters. The summed E-state index contributed by atoms with van der Waals surface area (Å²) in [4.78, 5) is 39.7. The minimum atomic E-state index is -0.949. The average Bonchev–Trinajstić information content (AvgIpc) is 2.69. The molecule has 2 aromatic rings. The Morgan fingerprint density at radius 3 is 2.11 bits per heavy atom. The van der Waals surface area contributed by atoms with Gasteiger partial charge in [-0.15, -0.1) is 0 Å². The number of carboxylic acids is 1. The molecule has 6 heteroatoms. The fourth-order valence-electron chi connectivity index (χ4n) is 2.88. The largest absolute Gasteiger partial charge is 0.481 e. The van der Waals surface area contributed by atoms with Crippen molar-refractivity contribution >= 4 is 23.5 Å². The Morgan fingerprint density at radius 1 is 0.929 bits per heavy atom. The minimum Gasteiger partial charge on any atom is -0.481 e. The Labute approximate surface area is 165 Å².